The first kappa shape index (κ1) is 17.5. The molecule has 1 N–H and O–H groups in total. The minimum absolute atomic E-state index is 0.208. The lowest BCUT2D eigenvalue weighted by molar-refractivity contribution is -0.140. The lowest BCUT2D eigenvalue weighted by Crippen LogP contribution is -2.21. The van der Waals surface area contributed by atoms with Crippen molar-refractivity contribution in [2.45, 2.75) is 12.6 Å². The fraction of sp³-hybridized carbons (Fsp3) is 0.308. The first-order valence-electron chi connectivity index (χ1n) is 5.93. The molecule has 0 saturated carbocycles. The van der Waals surface area contributed by atoms with Crippen LogP contribution in [-0.2, 0) is 25.2 Å². The minimum Gasteiger partial charge on any atom is -0.469 e. The molecule has 0 aliphatic carbocycles. The van der Waals surface area contributed by atoms with E-state index in [1.54, 1.807) is 0 Å². The number of hydrogen-bond donors (Lipinski definition) is 1. The Morgan fingerprint density at radius 1 is 1.14 bits per heavy atom. The van der Waals surface area contributed by atoms with Gasteiger partial charge in [-0.3, -0.25) is 10.2 Å². The van der Waals surface area contributed by atoms with Crippen LogP contribution in [0.15, 0.2) is 29.4 Å². The standard InChI is InChI=1S/C13H13F3N2O4/c1-21-11(19)7-10(12(20)22-2)18-17-9-5-3-8(4-6-9)13(14,15)16/h3-6,17H,7H2,1-2H3. The molecule has 9 heteroatoms. The van der Waals surface area contributed by atoms with E-state index in [2.05, 4.69) is 20.0 Å². The maximum atomic E-state index is 12.4. The first-order chi connectivity index (χ1) is 10.3. The van der Waals surface area contributed by atoms with E-state index in [-0.39, 0.29) is 11.4 Å². The summed E-state index contributed by atoms with van der Waals surface area (Å²) in [6.07, 6.45) is -4.87. The van der Waals surface area contributed by atoms with E-state index in [9.17, 15) is 22.8 Å². The molecule has 22 heavy (non-hydrogen) atoms. The molecule has 0 atom stereocenters. The number of methoxy groups -OCH3 is 2. The summed E-state index contributed by atoms with van der Waals surface area (Å²) in [6, 6.07) is 3.99. The van der Waals surface area contributed by atoms with Crippen LogP contribution in [-0.4, -0.2) is 31.9 Å². The van der Waals surface area contributed by atoms with E-state index in [0.29, 0.717) is 0 Å². The van der Waals surface area contributed by atoms with Crippen molar-refractivity contribution in [2.75, 3.05) is 19.6 Å². The second kappa shape index (κ2) is 7.43. The molecule has 0 spiro atoms. The van der Waals surface area contributed by atoms with Gasteiger partial charge in [0.15, 0.2) is 5.71 Å². The number of esters is 2. The maximum Gasteiger partial charge on any atom is 0.416 e. The molecule has 0 radical (unpaired) electrons. The van der Waals surface area contributed by atoms with E-state index in [0.717, 1.165) is 38.5 Å². The number of ether oxygens (including phenoxy) is 2. The third kappa shape index (κ3) is 5.08. The number of hydrogen-bond acceptors (Lipinski definition) is 6. The van der Waals surface area contributed by atoms with Crippen LogP contribution >= 0.6 is 0 Å². The molecule has 0 amide bonds. The second-order valence-electron chi connectivity index (χ2n) is 3.99. The van der Waals surface area contributed by atoms with Crippen LogP contribution < -0.4 is 5.43 Å². The number of halogens is 3. The van der Waals surface area contributed by atoms with Crippen LogP contribution in [0, 0.1) is 0 Å². The summed E-state index contributed by atoms with van der Waals surface area (Å²) in [5, 5.41) is 3.65. The molecule has 0 unspecified atom stereocenters. The highest BCUT2D eigenvalue weighted by molar-refractivity contribution is 6.39. The number of alkyl halides is 3. The number of anilines is 1. The number of benzene rings is 1. The van der Waals surface area contributed by atoms with E-state index >= 15 is 0 Å². The molecule has 1 aromatic rings. The number of nitrogens with zero attached hydrogens (tertiary/aromatic N) is 1. The van der Waals surface area contributed by atoms with Gasteiger partial charge in [-0.15, -0.1) is 0 Å². The average molecular weight is 318 g/mol. The van der Waals surface area contributed by atoms with Crippen molar-refractivity contribution in [1.82, 2.24) is 0 Å². The SMILES string of the molecule is COC(=O)CC(=NNc1ccc(C(F)(F)F)cc1)C(=O)OC. The largest absolute Gasteiger partial charge is 0.469 e. The number of rotatable bonds is 5. The van der Waals surface area contributed by atoms with Crippen molar-refractivity contribution in [3.8, 4) is 0 Å². The van der Waals surface area contributed by atoms with Gasteiger partial charge in [0.1, 0.15) is 0 Å². The summed E-state index contributed by atoms with van der Waals surface area (Å²) in [4.78, 5) is 22.6. The van der Waals surface area contributed by atoms with Gasteiger partial charge in [0.05, 0.1) is 31.9 Å². The predicted octanol–water partition coefficient (Wildman–Crippen LogP) is 2.21. The highest BCUT2D eigenvalue weighted by atomic mass is 19.4. The smallest absolute Gasteiger partial charge is 0.416 e. The van der Waals surface area contributed by atoms with Crippen LogP contribution in [0.2, 0.25) is 0 Å². The molecule has 0 aliphatic rings. The first-order valence-corrected chi connectivity index (χ1v) is 5.93. The summed E-state index contributed by atoms with van der Waals surface area (Å²) in [7, 11) is 2.24. The lowest BCUT2D eigenvalue weighted by Gasteiger charge is -2.08. The summed E-state index contributed by atoms with van der Waals surface area (Å²) >= 11 is 0. The molecule has 0 heterocycles. The molecule has 1 aromatic carbocycles. The fourth-order valence-corrected chi connectivity index (χ4v) is 1.35. The zero-order valence-electron chi connectivity index (χ0n) is 11.7. The maximum absolute atomic E-state index is 12.4. The van der Waals surface area contributed by atoms with Crippen molar-refractivity contribution in [3.63, 3.8) is 0 Å². The van der Waals surface area contributed by atoms with Crippen LogP contribution in [0.5, 0.6) is 0 Å². The van der Waals surface area contributed by atoms with Crippen LogP contribution in [0.3, 0.4) is 0 Å². The van der Waals surface area contributed by atoms with Gasteiger partial charge in [0.25, 0.3) is 0 Å². The van der Waals surface area contributed by atoms with Crippen molar-refractivity contribution in [1.29, 1.82) is 0 Å². The fourth-order valence-electron chi connectivity index (χ4n) is 1.35. The van der Waals surface area contributed by atoms with Gasteiger partial charge < -0.3 is 9.47 Å². The summed E-state index contributed by atoms with van der Waals surface area (Å²) in [6.45, 7) is 0. The Morgan fingerprint density at radius 3 is 2.18 bits per heavy atom. The average Bonchev–Trinajstić information content (AvgIpc) is 2.49. The highest BCUT2D eigenvalue weighted by Crippen LogP contribution is 2.29. The second-order valence-corrected chi connectivity index (χ2v) is 3.99. The van der Waals surface area contributed by atoms with Crippen molar-refractivity contribution in [2.24, 2.45) is 5.10 Å². The van der Waals surface area contributed by atoms with Crippen LogP contribution in [0.4, 0.5) is 18.9 Å². The molecule has 120 valence electrons. The normalized spacial score (nSPS) is 11.8. The molecule has 0 saturated heterocycles. The van der Waals surface area contributed by atoms with E-state index in [1.165, 1.54) is 0 Å². The number of nitrogens with one attached hydrogen (secondary N) is 1. The molecular weight excluding hydrogens is 305 g/mol. The molecular formula is C13H13F3N2O4. The summed E-state index contributed by atoms with van der Waals surface area (Å²) in [5.41, 5.74) is 1.50. The highest BCUT2D eigenvalue weighted by Gasteiger charge is 2.29. The van der Waals surface area contributed by atoms with Gasteiger partial charge in [-0.25, -0.2) is 4.79 Å². The Morgan fingerprint density at radius 2 is 1.73 bits per heavy atom. The van der Waals surface area contributed by atoms with E-state index in [4.69, 9.17) is 0 Å². The Kier molecular flexibility index (Phi) is 5.90. The van der Waals surface area contributed by atoms with Gasteiger partial charge in [-0.05, 0) is 24.3 Å². The van der Waals surface area contributed by atoms with E-state index < -0.39 is 30.1 Å². The lowest BCUT2D eigenvalue weighted by atomic mass is 10.2. The molecule has 0 aromatic heterocycles. The van der Waals surface area contributed by atoms with Crippen LogP contribution in [0.25, 0.3) is 0 Å². The monoisotopic (exact) mass is 318 g/mol. The van der Waals surface area contributed by atoms with Gasteiger partial charge in [0, 0.05) is 0 Å². The summed E-state index contributed by atoms with van der Waals surface area (Å²) < 4.78 is 46.1. The molecule has 1 rings (SSSR count). The van der Waals surface area contributed by atoms with Gasteiger partial charge in [-0.2, -0.15) is 18.3 Å². The molecule has 0 bridgehead atoms. The van der Waals surface area contributed by atoms with Crippen molar-refractivity contribution in [3.05, 3.63) is 29.8 Å². The Bertz CT molecular complexity index is 568. The minimum atomic E-state index is -4.44. The van der Waals surface area contributed by atoms with Gasteiger partial charge in [-0.1, -0.05) is 0 Å². The van der Waals surface area contributed by atoms with Gasteiger partial charge >= 0.3 is 18.1 Å². The van der Waals surface area contributed by atoms with Crippen molar-refractivity contribution >= 4 is 23.3 Å². The van der Waals surface area contributed by atoms with E-state index in [1.807, 2.05) is 0 Å². The summed E-state index contributed by atoms with van der Waals surface area (Å²) in [5.74, 6) is -1.57. The predicted molar refractivity (Wildman–Crippen MR) is 71.2 cm³/mol. The zero-order chi connectivity index (χ0) is 16.8. The number of carbonyl (C=O) groups excluding carboxylic acids is 2. The zero-order valence-corrected chi connectivity index (χ0v) is 11.7. The topological polar surface area (TPSA) is 77.0 Å². The Labute approximate surface area is 123 Å². The third-order valence-corrected chi connectivity index (χ3v) is 2.49. The Balaban J connectivity index is 2.85. The Hall–Kier alpha value is -2.58. The van der Waals surface area contributed by atoms with Crippen LogP contribution in [0.1, 0.15) is 12.0 Å². The molecule has 6 nitrogen and oxygen atoms in total. The van der Waals surface area contributed by atoms with Gasteiger partial charge in [0.2, 0.25) is 0 Å². The number of carbonyl (C=O) groups is 2. The number of hydrazone groups is 1. The third-order valence-electron chi connectivity index (χ3n) is 2.49. The van der Waals surface area contributed by atoms with Crippen molar-refractivity contribution < 1.29 is 32.2 Å². The molecule has 0 aliphatic heterocycles. The quantitative estimate of drug-likeness (QED) is 0.512. The molecule has 0 fully saturated rings.